The summed E-state index contributed by atoms with van der Waals surface area (Å²) in [6.07, 6.45) is 3.70. The van der Waals surface area contributed by atoms with E-state index in [2.05, 4.69) is 29.0 Å². The van der Waals surface area contributed by atoms with E-state index in [1.807, 2.05) is 12.3 Å². The molecule has 2 heterocycles. The lowest BCUT2D eigenvalue weighted by Crippen LogP contribution is -1.87. The zero-order chi connectivity index (χ0) is 8.55. The summed E-state index contributed by atoms with van der Waals surface area (Å²) in [5.41, 5.74) is 3.29. The summed E-state index contributed by atoms with van der Waals surface area (Å²) < 4.78 is 0. The van der Waals surface area contributed by atoms with E-state index in [9.17, 15) is 0 Å². The molecule has 0 saturated heterocycles. The minimum absolute atomic E-state index is 0.496. The minimum Gasteiger partial charge on any atom is -0.359 e. The first-order valence-electron chi connectivity index (χ1n) is 4.07. The van der Waals surface area contributed by atoms with Gasteiger partial charge in [0.1, 0.15) is 5.52 Å². The van der Waals surface area contributed by atoms with E-state index in [1.54, 1.807) is 6.20 Å². The average Bonchev–Trinajstić information content (AvgIpc) is 2.47. The Morgan fingerprint density at radius 2 is 2.25 bits per heavy atom. The van der Waals surface area contributed by atoms with Crippen molar-refractivity contribution in [2.75, 3.05) is 0 Å². The molecule has 0 spiro atoms. The molecule has 2 rings (SSSR count). The van der Waals surface area contributed by atoms with E-state index in [1.165, 1.54) is 5.56 Å². The van der Waals surface area contributed by atoms with Gasteiger partial charge in [-0.1, -0.05) is 13.8 Å². The maximum absolute atomic E-state index is 4.08. The van der Waals surface area contributed by atoms with Gasteiger partial charge in [0.15, 0.2) is 0 Å². The highest BCUT2D eigenvalue weighted by Crippen LogP contribution is 2.21. The quantitative estimate of drug-likeness (QED) is 0.695. The number of hydrogen-bond donors (Lipinski definition) is 1. The predicted molar refractivity (Wildman–Crippen MR) is 48.0 cm³/mol. The molecule has 0 radical (unpaired) electrons. The van der Waals surface area contributed by atoms with Gasteiger partial charge in [-0.05, 0) is 12.0 Å². The topological polar surface area (TPSA) is 41.6 Å². The highest BCUT2D eigenvalue weighted by atomic mass is 15.1. The first-order valence-corrected chi connectivity index (χ1v) is 4.07. The lowest BCUT2D eigenvalue weighted by atomic mass is 10.1. The first kappa shape index (κ1) is 7.28. The van der Waals surface area contributed by atoms with Crippen LogP contribution in [0.4, 0.5) is 0 Å². The van der Waals surface area contributed by atoms with Crippen LogP contribution in [0.15, 0.2) is 18.5 Å². The smallest absolute Gasteiger partial charge is 0.114 e. The van der Waals surface area contributed by atoms with Crippen molar-refractivity contribution in [3.05, 3.63) is 24.0 Å². The maximum atomic E-state index is 4.08. The molecular weight excluding hydrogens is 150 g/mol. The Labute approximate surface area is 70.8 Å². The zero-order valence-corrected chi connectivity index (χ0v) is 7.20. The summed E-state index contributed by atoms with van der Waals surface area (Å²) in [6, 6.07) is 1.94. The molecule has 0 atom stereocenters. The molecule has 0 bridgehead atoms. The molecule has 0 aliphatic heterocycles. The molecule has 0 fully saturated rings. The Kier molecular flexibility index (Phi) is 1.57. The van der Waals surface area contributed by atoms with Crippen LogP contribution in [0.1, 0.15) is 25.3 Å². The van der Waals surface area contributed by atoms with Crippen molar-refractivity contribution in [3.63, 3.8) is 0 Å². The SMILES string of the molecule is CC(C)c1c[nH]c2ccnnc12. The van der Waals surface area contributed by atoms with Gasteiger partial charge < -0.3 is 4.98 Å². The number of nitrogens with one attached hydrogen (secondary N) is 1. The van der Waals surface area contributed by atoms with Crippen molar-refractivity contribution in [3.8, 4) is 0 Å². The normalized spacial score (nSPS) is 11.2. The van der Waals surface area contributed by atoms with Crippen LogP contribution in [0, 0.1) is 0 Å². The molecule has 62 valence electrons. The summed E-state index contributed by atoms with van der Waals surface area (Å²) in [5, 5.41) is 7.94. The van der Waals surface area contributed by atoms with Gasteiger partial charge in [-0.15, -0.1) is 5.10 Å². The molecule has 0 aliphatic rings. The molecule has 2 aromatic heterocycles. The van der Waals surface area contributed by atoms with Crippen LogP contribution >= 0.6 is 0 Å². The molecule has 2 aromatic rings. The third-order valence-corrected chi connectivity index (χ3v) is 2.00. The number of aromatic nitrogens is 3. The molecular formula is C9H11N3. The number of nitrogens with zero attached hydrogens (tertiary/aromatic N) is 2. The van der Waals surface area contributed by atoms with Crippen LogP contribution in [0.5, 0.6) is 0 Å². The Balaban J connectivity index is 2.70. The Bertz CT molecular complexity index is 389. The monoisotopic (exact) mass is 161 g/mol. The molecule has 1 N–H and O–H groups in total. The molecule has 12 heavy (non-hydrogen) atoms. The summed E-state index contributed by atoms with van der Waals surface area (Å²) in [5.74, 6) is 0.496. The highest BCUT2D eigenvalue weighted by molar-refractivity contribution is 5.78. The summed E-state index contributed by atoms with van der Waals surface area (Å²) >= 11 is 0. The summed E-state index contributed by atoms with van der Waals surface area (Å²) in [7, 11) is 0. The van der Waals surface area contributed by atoms with Gasteiger partial charge in [0.05, 0.1) is 11.7 Å². The fourth-order valence-corrected chi connectivity index (χ4v) is 1.33. The second kappa shape index (κ2) is 2.59. The molecule has 0 aromatic carbocycles. The van der Waals surface area contributed by atoms with Crippen molar-refractivity contribution >= 4 is 11.0 Å². The van der Waals surface area contributed by atoms with Crippen molar-refractivity contribution < 1.29 is 0 Å². The Hall–Kier alpha value is -1.38. The van der Waals surface area contributed by atoms with E-state index >= 15 is 0 Å². The van der Waals surface area contributed by atoms with Crippen molar-refractivity contribution in [2.45, 2.75) is 19.8 Å². The highest BCUT2D eigenvalue weighted by Gasteiger charge is 2.07. The molecule has 3 heteroatoms. The third-order valence-electron chi connectivity index (χ3n) is 2.00. The largest absolute Gasteiger partial charge is 0.359 e. The predicted octanol–water partition coefficient (Wildman–Crippen LogP) is 2.08. The van der Waals surface area contributed by atoms with Crippen LogP contribution in [0.2, 0.25) is 0 Å². The van der Waals surface area contributed by atoms with Crippen molar-refractivity contribution in [2.24, 2.45) is 0 Å². The zero-order valence-electron chi connectivity index (χ0n) is 7.20. The molecule has 0 amide bonds. The number of aromatic amines is 1. The van der Waals surface area contributed by atoms with Crippen LogP contribution < -0.4 is 0 Å². The molecule has 0 aliphatic carbocycles. The number of H-pyrrole nitrogens is 1. The van der Waals surface area contributed by atoms with Gasteiger partial charge in [-0.3, -0.25) is 0 Å². The van der Waals surface area contributed by atoms with Crippen molar-refractivity contribution in [1.29, 1.82) is 0 Å². The van der Waals surface area contributed by atoms with Crippen LogP contribution in [0.3, 0.4) is 0 Å². The van der Waals surface area contributed by atoms with Crippen LogP contribution in [-0.2, 0) is 0 Å². The first-order chi connectivity index (χ1) is 5.79. The van der Waals surface area contributed by atoms with Crippen molar-refractivity contribution in [1.82, 2.24) is 15.2 Å². The van der Waals surface area contributed by atoms with Crippen LogP contribution in [-0.4, -0.2) is 15.2 Å². The van der Waals surface area contributed by atoms with E-state index in [4.69, 9.17) is 0 Å². The standard InChI is InChI=1S/C9H11N3/c1-6(2)7-5-10-8-3-4-11-12-9(7)8/h3-6,10H,1-2H3. The second-order valence-electron chi connectivity index (χ2n) is 3.19. The fourth-order valence-electron chi connectivity index (χ4n) is 1.33. The molecule has 0 saturated carbocycles. The van der Waals surface area contributed by atoms with E-state index in [-0.39, 0.29) is 0 Å². The van der Waals surface area contributed by atoms with Gasteiger partial charge in [0.25, 0.3) is 0 Å². The molecule has 0 unspecified atom stereocenters. The van der Waals surface area contributed by atoms with Gasteiger partial charge in [0, 0.05) is 11.8 Å². The van der Waals surface area contributed by atoms with E-state index < -0.39 is 0 Å². The number of hydrogen-bond acceptors (Lipinski definition) is 2. The van der Waals surface area contributed by atoms with E-state index in [0.717, 1.165) is 11.0 Å². The number of fused-ring (bicyclic) bond motifs is 1. The maximum Gasteiger partial charge on any atom is 0.114 e. The Morgan fingerprint density at radius 1 is 1.42 bits per heavy atom. The van der Waals surface area contributed by atoms with Gasteiger partial charge >= 0.3 is 0 Å². The summed E-state index contributed by atoms with van der Waals surface area (Å²) in [6.45, 7) is 4.30. The van der Waals surface area contributed by atoms with E-state index in [0.29, 0.717) is 5.92 Å². The minimum atomic E-state index is 0.496. The van der Waals surface area contributed by atoms with Gasteiger partial charge in [-0.25, -0.2) is 0 Å². The third kappa shape index (κ3) is 0.978. The van der Waals surface area contributed by atoms with Gasteiger partial charge in [0.2, 0.25) is 0 Å². The lowest BCUT2D eigenvalue weighted by Gasteiger charge is -1.99. The number of rotatable bonds is 1. The molecule has 3 nitrogen and oxygen atoms in total. The summed E-state index contributed by atoms with van der Waals surface area (Å²) in [4.78, 5) is 3.17. The Morgan fingerprint density at radius 3 is 3.00 bits per heavy atom. The lowest BCUT2D eigenvalue weighted by molar-refractivity contribution is 0.869. The second-order valence-corrected chi connectivity index (χ2v) is 3.19. The average molecular weight is 161 g/mol. The van der Waals surface area contributed by atoms with Crippen LogP contribution in [0.25, 0.3) is 11.0 Å². The van der Waals surface area contributed by atoms with Gasteiger partial charge in [-0.2, -0.15) is 5.10 Å². The fraction of sp³-hybridized carbons (Fsp3) is 0.333.